The molecule has 0 radical (unpaired) electrons. The molecule has 34 heavy (non-hydrogen) atoms. The number of hydrogen-bond acceptors (Lipinski definition) is 3. The first-order valence-corrected chi connectivity index (χ1v) is 13.0. The van der Waals surface area contributed by atoms with Crippen LogP contribution < -0.4 is 5.32 Å². The van der Waals surface area contributed by atoms with E-state index in [9.17, 15) is 14.4 Å². The topological polar surface area (TPSA) is 69.7 Å². The van der Waals surface area contributed by atoms with Crippen LogP contribution in [-0.4, -0.2) is 46.1 Å². The van der Waals surface area contributed by atoms with Crippen LogP contribution in [0.15, 0.2) is 42.7 Å². The Balaban J connectivity index is 1.83. The van der Waals surface area contributed by atoms with Crippen LogP contribution in [0.2, 0.25) is 0 Å². The van der Waals surface area contributed by atoms with E-state index in [1.54, 1.807) is 22.2 Å². The van der Waals surface area contributed by atoms with E-state index in [0.29, 0.717) is 6.54 Å². The summed E-state index contributed by atoms with van der Waals surface area (Å²) in [7, 11) is 0. The van der Waals surface area contributed by atoms with E-state index in [1.807, 2.05) is 18.2 Å². The standard InChI is InChI=1S/C28H41N3O3/c1-4-5-12-21(2)26-28(34)30(18-17-23-13-8-6-9-14-23)19-20-31(26)27(33)25(29-22(3)32)24-15-10-7-11-16-24/h6,8-9,13-14,19-21,24-26H,4-5,7,10-12,15-18H2,1-3H3,(H,29,32)/t21-,25+,26+/m0/s1. The van der Waals surface area contributed by atoms with Gasteiger partial charge in [0, 0.05) is 25.9 Å². The molecule has 0 unspecified atom stereocenters. The Labute approximate surface area is 204 Å². The highest BCUT2D eigenvalue weighted by Gasteiger charge is 2.42. The van der Waals surface area contributed by atoms with Gasteiger partial charge in [0.1, 0.15) is 12.1 Å². The van der Waals surface area contributed by atoms with Crippen LogP contribution in [0.25, 0.3) is 0 Å². The molecule has 0 bridgehead atoms. The summed E-state index contributed by atoms with van der Waals surface area (Å²) in [6.07, 6.45) is 12.4. The van der Waals surface area contributed by atoms with Crippen molar-refractivity contribution in [3.8, 4) is 0 Å². The predicted octanol–water partition coefficient (Wildman–Crippen LogP) is 4.65. The molecule has 0 aromatic heterocycles. The Kier molecular flexibility index (Phi) is 9.73. The fraction of sp³-hybridized carbons (Fsp3) is 0.607. The summed E-state index contributed by atoms with van der Waals surface area (Å²) in [6, 6.07) is 9.02. The summed E-state index contributed by atoms with van der Waals surface area (Å²) in [5.41, 5.74) is 1.18. The highest BCUT2D eigenvalue weighted by atomic mass is 16.2. The lowest BCUT2D eigenvalue weighted by atomic mass is 9.82. The van der Waals surface area contributed by atoms with Crippen molar-refractivity contribution in [2.75, 3.05) is 6.54 Å². The van der Waals surface area contributed by atoms with E-state index in [0.717, 1.165) is 51.4 Å². The van der Waals surface area contributed by atoms with Gasteiger partial charge in [-0.25, -0.2) is 0 Å². The van der Waals surface area contributed by atoms with Crippen molar-refractivity contribution >= 4 is 17.7 Å². The van der Waals surface area contributed by atoms with Crippen LogP contribution in [0.5, 0.6) is 0 Å². The van der Waals surface area contributed by atoms with Crippen molar-refractivity contribution in [3.63, 3.8) is 0 Å². The minimum Gasteiger partial charge on any atom is -0.344 e. The smallest absolute Gasteiger partial charge is 0.250 e. The molecule has 6 heteroatoms. The number of benzene rings is 1. The van der Waals surface area contributed by atoms with Gasteiger partial charge in [0.25, 0.3) is 0 Å². The van der Waals surface area contributed by atoms with E-state index in [-0.39, 0.29) is 29.6 Å². The minimum atomic E-state index is -0.577. The normalized spacial score (nSPS) is 20.8. The van der Waals surface area contributed by atoms with Gasteiger partial charge in [0.15, 0.2) is 0 Å². The molecule has 1 aromatic carbocycles. The zero-order valence-electron chi connectivity index (χ0n) is 21.0. The first-order chi connectivity index (χ1) is 16.4. The molecular formula is C28H41N3O3. The lowest BCUT2D eigenvalue weighted by molar-refractivity contribution is -0.148. The van der Waals surface area contributed by atoms with Gasteiger partial charge >= 0.3 is 0 Å². The summed E-state index contributed by atoms with van der Waals surface area (Å²) in [5.74, 6) is -0.221. The van der Waals surface area contributed by atoms with E-state index in [2.05, 4.69) is 31.3 Å². The predicted molar refractivity (Wildman–Crippen MR) is 135 cm³/mol. The van der Waals surface area contributed by atoms with Gasteiger partial charge in [-0.1, -0.05) is 76.3 Å². The molecule has 0 saturated heterocycles. The van der Waals surface area contributed by atoms with Crippen molar-refractivity contribution in [2.45, 2.75) is 90.6 Å². The Hall–Kier alpha value is -2.63. The number of nitrogens with zero attached hydrogens (tertiary/aromatic N) is 2. The third kappa shape index (κ3) is 6.71. The summed E-state index contributed by atoms with van der Waals surface area (Å²) in [4.78, 5) is 42.9. The first-order valence-electron chi connectivity index (χ1n) is 13.0. The maximum atomic E-state index is 13.8. The number of amides is 3. The highest BCUT2D eigenvalue weighted by Crippen LogP contribution is 2.30. The van der Waals surface area contributed by atoms with E-state index < -0.39 is 12.1 Å². The Morgan fingerprint density at radius 3 is 2.44 bits per heavy atom. The second-order valence-corrected chi connectivity index (χ2v) is 9.95. The van der Waals surface area contributed by atoms with Crippen LogP contribution in [0.1, 0.15) is 77.7 Å². The molecular weight excluding hydrogens is 426 g/mol. The Morgan fingerprint density at radius 1 is 1.09 bits per heavy atom. The molecule has 6 nitrogen and oxygen atoms in total. The monoisotopic (exact) mass is 467 g/mol. The lowest BCUT2D eigenvalue weighted by Crippen LogP contribution is -2.59. The van der Waals surface area contributed by atoms with Crippen LogP contribution in [-0.2, 0) is 20.8 Å². The van der Waals surface area contributed by atoms with Crippen molar-refractivity contribution in [3.05, 3.63) is 48.3 Å². The quantitative estimate of drug-likeness (QED) is 0.544. The molecule has 1 N–H and O–H groups in total. The van der Waals surface area contributed by atoms with Crippen molar-refractivity contribution in [1.82, 2.24) is 15.1 Å². The molecule has 3 amide bonds. The number of hydrogen-bond donors (Lipinski definition) is 1. The van der Waals surface area contributed by atoms with E-state index in [4.69, 9.17) is 0 Å². The zero-order chi connectivity index (χ0) is 24.5. The molecule has 3 atom stereocenters. The average molecular weight is 468 g/mol. The minimum absolute atomic E-state index is 0.0272. The molecule has 1 aliphatic heterocycles. The van der Waals surface area contributed by atoms with Gasteiger partial charge in [-0.05, 0) is 43.1 Å². The molecule has 3 rings (SSSR count). The number of carbonyl (C=O) groups excluding carboxylic acids is 3. The van der Waals surface area contributed by atoms with Gasteiger partial charge in [-0.15, -0.1) is 0 Å². The molecule has 0 spiro atoms. The van der Waals surface area contributed by atoms with E-state index >= 15 is 0 Å². The lowest BCUT2D eigenvalue weighted by Gasteiger charge is -2.41. The molecule has 1 saturated carbocycles. The second kappa shape index (κ2) is 12.7. The van der Waals surface area contributed by atoms with Crippen molar-refractivity contribution in [1.29, 1.82) is 0 Å². The third-order valence-corrected chi connectivity index (χ3v) is 7.28. The molecule has 1 heterocycles. The maximum absolute atomic E-state index is 13.8. The fourth-order valence-corrected chi connectivity index (χ4v) is 5.33. The number of carbonyl (C=O) groups is 3. The van der Waals surface area contributed by atoms with Crippen LogP contribution in [0.4, 0.5) is 0 Å². The zero-order valence-corrected chi connectivity index (χ0v) is 21.0. The molecule has 1 fully saturated rings. The van der Waals surface area contributed by atoms with Gasteiger partial charge in [-0.2, -0.15) is 0 Å². The molecule has 186 valence electrons. The summed E-state index contributed by atoms with van der Waals surface area (Å²) in [6.45, 7) is 6.25. The second-order valence-electron chi connectivity index (χ2n) is 9.95. The summed E-state index contributed by atoms with van der Waals surface area (Å²) >= 11 is 0. The molecule has 1 aliphatic carbocycles. The van der Waals surface area contributed by atoms with Gasteiger partial charge in [0.2, 0.25) is 17.7 Å². The van der Waals surface area contributed by atoms with Crippen molar-refractivity contribution in [2.24, 2.45) is 11.8 Å². The van der Waals surface area contributed by atoms with Crippen LogP contribution in [0.3, 0.4) is 0 Å². The Morgan fingerprint density at radius 2 is 1.79 bits per heavy atom. The number of unbranched alkanes of at least 4 members (excludes halogenated alkanes) is 1. The number of nitrogens with one attached hydrogen (secondary N) is 1. The number of rotatable bonds is 10. The third-order valence-electron chi connectivity index (χ3n) is 7.28. The SMILES string of the molecule is CCCC[C@H](C)[C@@H]1C(=O)N(CCc2ccccc2)C=CN1C(=O)[C@H](NC(C)=O)C1CCCCC1. The fourth-order valence-electron chi connectivity index (χ4n) is 5.33. The Bertz CT molecular complexity index is 848. The largest absolute Gasteiger partial charge is 0.344 e. The average Bonchev–Trinajstić information content (AvgIpc) is 2.85. The van der Waals surface area contributed by atoms with E-state index in [1.165, 1.54) is 18.9 Å². The summed E-state index contributed by atoms with van der Waals surface area (Å²) in [5, 5.41) is 2.93. The summed E-state index contributed by atoms with van der Waals surface area (Å²) < 4.78 is 0. The molecule has 1 aromatic rings. The van der Waals surface area contributed by atoms with Crippen LogP contribution in [0, 0.1) is 11.8 Å². The highest BCUT2D eigenvalue weighted by molar-refractivity contribution is 5.94. The molecule has 2 aliphatic rings. The first kappa shape index (κ1) is 26.0. The van der Waals surface area contributed by atoms with Gasteiger partial charge in [0.05, 0.1) is 0 Å². The van der Waals surface area contributed by atoms with Gasteiger partial charge in [-0.3, -0.25) is 14.4 Å². The van der Waals surface area contributed by atoms with Crippen LogP contribution >= 0.6 is 0 Å². The van der Waals surface area contributed by atoms with Crippen molar-refractivity contribution < 1.29 is 14.4 Å². The van der Waals surface area contributed by atoms with Gasteiger partial charge < -0.3 is 15.1 Å². The maximum Gasteiger partial charge on any atom is 0.250 e.